The van der Waals surface area contributed by atoms with Gasteiger partial charge in [-0.25, -0.2) is 0 Å². The Bertz CT molecular complexity index is 1410. The molecule has 1 atom stereocenters. The highest BCUT2D eigenvalue weighted by atomic mass is 16.6. The number of ether oxygens (including phenoxy) is 3. The summed E-state index contributed by atoms with van der Waals surface area (Å²) in [6.07, 6.45) is 78.4. The minimum Gasteiger partial charge on any atom is -0.462 e. The lowest BCUT2D eigenvalue weighted by Crippen LogP contribution is -2.30. The van der Waals surface area contributed by atoms with Crippen molar-refractivity contribution < 1.29 is 28.6 Å². The molecule has 71 heavy (non-hydrogen) atoms. The molecule has 6 nitrogen and oxygen atoms in total. The Hall–Kier alpha value is -3.67. The van der Waals surface area contributed by atoms with Crippen molar-refractivity contribution in [2.24, 2.45) is 0 Å². The lowest BCUT2D eigenvalue weighted by Gasteiger charge is -2.18. The molecule has 0 aliphatic rings. The summed E-state index contributed by atoms with van der Waals surface area (Å²) in [6, 6.07) is 0. The fourth-order valence-electron chi connectivity index (χ4n) is 8.12. The lowest BCUT2D eigenvalue weighted by molar-refractivity contribution is -0.167. The Balaban J connectivity index is 4.17. The van der Waals surface area contributed by atoms with Gasteiger partial charge in [0.15, 0.2) is 6.10 Å². The summed E-state index contributed by atoms with van der Waals surface area (Å²) >= 11 is 0. The summed E-state index contributed by atoms with van der Waals surface area (Å²) in [5.41, 5.74) is 0. The highest BCUT2D eigenvalue weighted by molar-refractivity contribution is 5.71. The maximum Gasteiger partial charge on any atom is 0.306 e. The molecule has 0 N–H and O–H groups in total. The molecule has 0 radical (unpaired) electrons. The highest BCUT2D eigenvalue weighted by Gasteiger charge is 2.19. The standard InChI is InChI=1S/C65H110O6/c1-4-7-10-13-16-19-21-23-24-25-26-27-28-29-30-31-32-33-34-35-36-37-38-39-40-42-43-46-49-52-55-58-64(67)70-61-62(60-69-63(66)57-54-51-48-45-18-15-12-9-6-3)71-65(68)59-56-53-50-47-44-41-22-20-17-14-11-8-5-2/h7,10,16,19-20,22-24,26-27,29-30,32-33,35-36,62H,4-6,8-9,11-15,17-18,21,25,28,31,34,37-61H2,1-3H3/b10-7-,19-16-,22-20-,24-23-,27-26-,30-29-,33-32-,36-35-. The van der Waals surface area contributed by atoms with Crippen LogP contribution in [0.2, 0.25) is 0 Å². The van der Waals surface area contributed by atoms with Crippen molar-refractivity contribution in [2.45, 2.75) is 284 Å². The Morgan fingerprint density at radius 1 is 0.296 bits per heavy atom. The molecule has 0 fully saturated rings. The molecule has 0 spiro atoms. The Kier molecular flexibility index (Phi) is 55.9. The molecule has 0 amide bonds. The van der Waals surface area contributed by atoms with Crippen LogP contribution in [0.15, 0.2) is 97.2 Å². The van der Waals surface area contributed by atoms with E-state index in [1.54, 1.807) is 0 Å². The number of hydrogen-bond acceptors (Lipinski definition) is 6. The van der Waals surface area contributed by atoms with Gasteiger partial charge in [-0.2, -0.15) is 0 Å². The molecule has 0 aliphatic heterocycles. The number of rotatable bonds is 53. The molecular weight excluding hydrogens is 877 g/mol. The van der Waals surface area contributed by atoms with E-state index in [4.69, 9.17) is 14.2 Å². The zero-order valence-corrected chi connectivity index (χ0v) is 46.5. The fraction of sp³-hybridized carbons (Fsp3) is 0.708. The van der Waals surface area contributed by atoms with Gasteiger partial charge in [0.2, 0.25) is 0 Å². The summed E-state index contributed by atoms with van der Waals surface area (Å²) in [4.78, 5) is 38.0. The summed E-state index contributed by atoms with van der Waals surface area (Å²) < 4.78 is 16.8. The van der Waals surface area contributed by atoms with E-state index in [0.29, 0.717) is 19.3 Å². The number of carbonyl (C=O) groups excluding carboxylic acids is 3. The van der Waals surface area contributed by atoms with Gasteiger partial charge in [0.1, 0.15) is 13.2 Å². The van der Waals surface area contributed by atoms with E-state index in [-0.39, 0.29) is 31.1 Å². The van der Waals surface area contributed by atoms with Crippen LogP contribution in [0.5, 0.6) is 0 Å². The van der Waals surface area contributed by atoms with Crippen LogP contribution < -0.4 is 0 Å². The third-order valence-electron chi connectivity index (χ3n) is 12.6. The average Bonchev–Trinajstić information content (AvgIpc) is 3.37. The number of esters is 3. The minimum atomic E-state index is -0.781. The van der Waals surface area contributed by atoms with Gasteiger partial charge in [-0.15, -0.1) is 0 Å². The molecule has 6 heteroatoms. The highest BCUT2D eigenvalue weighted by Crippen LogP contribution is 2.15. The van der Waals surface area contributed by atoms with Gasteiger partial charge in [-0.05, 0) is 103 Å². The first-order valence-corrected chi connectivity index (χ1v) is 29.7. The zero-order chi connectivity index (χ0) is 51.4. The first kappa shape index (κ1) is 67.3. The van der Waals surface area contributed by atoms with Crippen molar-refractivity contribution in [3.63, 3.8) is 0 Å². The second kappa shape index (κ2) is 58.9. The van der Waals surface area contributed by atoms with E-state index in [1.165, 1.54) is 116 Å². The molecule has 0 saturated heterocycles. The predicted molar refractivity (Wildman–Crippen MR) is 307 cm³/mol. The van der Waals surface area contributed by atoms with Crippen LogP contribution in [0.3, 0.4) is 0 Å². The smallest absolute Gasteiger partial charge is 0.306 e. The average molecular weight is 988 g/mol. The summed E-state index contributed by atoms with van der Waals surface area (Å²) in [7, 11) is 0. The molecule has 0 heterocycles. The zero-order valence-electron chi connectivity index (χ0n) is 46.5. The third kappa shape index (κ3) is 57.1. The Morgan fingerprint density at radius 3 is 0.887 bits per heavy atom. The quantitative estimate of drug-likeness (QED) is 0.0261. The molecule has 406 valence electrons. The first-order chi connectivity index (χ1) is 35.0. The van der Waals surface area contributed by atoms with Crippen LogP contribution in [0.25, 0.3) is 0 Å². The second-order valence-electron chi connectivity index (χ2n) is 19.5. The van der Waals surface area contributed by atoms with Crippen LogP contribution >= 0.6 is 0 Å². The largest absolute Gasteiger partial charge is 0.462 e. The Labute approximate surface area is 438 Å². The summed E-state index contributed by atoms with van der Waals surface area (Å²) in [5.74, 6) is -0.895. The van der Waals surface area contributed by atoms with Gasteiger partial charge < -0.3 is 14.2 Å². The van der Waals surface area contributed by atoms with Gasteiger partial charge in [-0.1, -0.05) is 253 Å². The maximum absolute atomic E-state index is 12.8. The third-order valence-corrected chi connectivity index (χ3v) is 12.6. The van der Waals surface area contributed by atoms with E-state index in [9.17, 15) is 14.4 Å². The van der Waals surface area contributed by atoms with Gasteiger partial charge in [0.05, 0.1) is 0 Å². The summed E-state index contributed by atoms with van der Waals surface area (Å²) in [6.45, 7) is 6.48. The topological polar surface area (TPSA) is 78.9 Å². The monoisotopic (exact) mass is 987 g/mol. The van der Waals surface area contributed by atoms with Crippen molar-refractivity contribution in [2.75, 3.05) is 13.2 Å². The van der Waals surface area contributed by atoms with Gasteiger partial charge >= 0.3 is 17.9 Å². The molecule has 0 aliphatic carbocycles. The number of allylic oxidation sites excluding steroid dienone is 16. The lowest BCUT2D eigenvalue weighted by atomic mass is 10.1. The molecule has 0 rings (SSSR count). The van der Waals surface area contributed by atoms with E-state index in [1.807, 2.05) is 0 Å². The minimum absolute atomic E-state index is 0.0802. The van der Waals surface area contributed by atoms with Crippen molar-refractivity contribution in [3.8, 4) is 0 Å². The molecular formula is C65H110O6. The first-order valence-electron chi connectivity index (χ1n) is 29.7. The van der Waals surface area contributed by atoms with Crippen molar-refractivity contribution in [3.05, 3.63) is 97.2 Å². The molecule has 0 aromatic carbocycles. The molecule has 0 bridgehead atoms. The van der Waals surface area contributed by atoms with Crippen molar-refractivity contribution >= 4 is 17.9 Å². The maximum atomic E-state index is 12.8. The fourth-order valence-corrected chi connectivity index (χ4v) is 8.12. The molecule has 0 aromatic rings. The van der Waals surface area contributed by atoms with E-state index < -0.39 is 6.10 Å². The van der Waals surface area contributed by atoms with E-state index in [2.05, 4.69) is 118 Å². The van der Waals surface area contributed by atoms with Gasteiger partial charge in [0, 0.05) is 19.3 Å². The van der Waals surface area contributed by atoms with Gasteiger partial charge in [0.25, 0.3) is 0 Å². The predicted octanol–water partition coefficient (Wildman–Crippen LogP) is 20.1. The number of carbonyl (C=O) groups is 3. The summed E-state index contributed by atoms with van der Waals surface area (Å²) in [5, 5.41) is 0. The van der Waals surface area contributed by atoms with Crippen molar-refractivity contribution in [1.82, 2.24) is 0 Å². The molecule has 1 unspecified atom stereocenters. The van der Waals surface area contributed by atoms with Crippen LogP contribution in [0, 0.1) is 0 Å². The van der Waals surface area contributed by atoms with E-state index >= 15 is 0 Å². The normalized spacial score (nSPS) is 12.8. The second-order valence-corrected chi connectivity index (χ2v) is 19.5. The molecule has 0 aromatic heterocycles. The van der Waals surface area contributed by atoms with Crippen LogP contribution in [0.4, 0.5) is 0 Å². The Morgan fingerprint density at radius 2 is 0.549 bits per heavy atom. The number of hydrogen-bond donors (Lipinski definition) is 0. The van der Waals surface area contributed by atoms with Crippen LogP contribution in [-0.2, 0) is 28.6 Å². The SMILES string of the molecule is CC/C=C\C/C=C\C/C=C\C/C=C\C/C=C\C/C=C\C/C=C\CCCCCCCCCCCC(=O)OCC(COC(=O)CCCCCCCCCCC)OC(=O)CCCCCCC/C=C\CCCCCC. The number of unbranched alkanes of at least 4 members (excludes halogenated alkanes) is 26. The van der Waals surface area contributed by atoms with E-state index in [0.717, 1.165) is 122 Å². The van der Waals surface area contributed by atoms with Gasteiger partial charge in [-0.3, -0.25) is 14.4 Å². The van der Waals surface area contributed by atoms with Crippen LogP contribution in [0.1, 0.15) is 278 Å². The van der Waals surface area contributed by atoms with Crippen LogP contribution in [-0.4, -0.2) is 37.2 Å². The molecule has 0 saturated carbocycles. The van der Waals surface area contributed by atoms with Crippen molar-refractivity contribution in [1.29, 1.82) is 0 Å².